The molecule has 0 aliphatic carbocycles. The number of para-hydroxylation sites is 1. The van der Waals surface area contributed by atoms with Crippen molar-refractivity contribution in [2.24, 2.45) is 5.92 Å². The van der Waals surface area contributed by atoms with E-state index in [1.54, 1.807) is 7.11 Å². The Morgan fingerprint density at radius 3 is 2.59 bits per heavy atom. The number of halogens is 1. The molecule has 0 atom stereocenters. The number of benzene rings is 1. The molecule has 1 rings (SSSR count). The van der Waals surface area contributed by atoms with Gasteiger partial charge in [-0.3, -0.25) is 0 Å². The van der Waals surface area contributed by atoms with Crippen molar-refractivity contribution < 1.29 is 4.74 Å². The molecule has 96 valence electrons. The highest BCUT2D eigenvalue weighted by atomic mass is 79.9. The lowest BCUT2D eigenvalue weighted by Gasteiger charge is -2.28. The van der Waals surface area contributed by atoms with Gasteiger partial charge >= 0.3 is 0 Å². The fourth-order valence-electron chi connectivity index (χ4n) is 1.88. The lowest BCUT2D eigenvalue weighted by Crippen LogP contribution is -2.31. The molecule has 0 saturated carbocycles. The fourth-order valence-corrected chi connectivity index (χ4v) is 2.36. The Labute approximate surface area is 113 Å². The van der Waals surface area contributed by atoms with E-state index >= 15 is 0 Å². The molecule has 0 unspecified atom stereocenters. The zero-order valence-corrected chi connectivity index (χ0v) is 12.5. The van der Waals surface area contributed by atoms with Crippen molar-refractivity contribution in [3.63, 3.8) is 0 Å². The Morgan fingerprint density at radius 1 is 1.29 bits per heavy atom. The second-order valence-corrected chi connectivity index (χ2v) is 5.16. The zero-order valence-electron chi connectivity index (χ0n) is 10.9. The van der Waals surface area contributed by atoms with Crippen LogP contribution in [0.1, 0.15) is 19.4 Å². The monoisotopic (exact) mass is 299 g/mol. The van der Waals surface area contributed by atoms with Crippen molar-refractivity contribution in [2.75, 3.05) is 31.7 Å². The molecule has 0 aliphatic heterocycles. The van der Waals surface area contributed by atoms with E-state index in [0.717, 1.165) is 25.0 Å². The van der Waals surface area contributed by atoms with E-state index in [2.05, 4.69) is 58.9 Å². The molecule has 2 nitrogen and oxygen atoms in total. The summed E-state index contributed by atoms with van der Waals surface area (Å²) < 4.78 is 5.20. The maximum Gasteiger partial charge on any atom is 0.0637 e. The third kappa shape index (κ3) is 4.68. The van der Waals surface area contributed by atoms with Crippen LogP contribution in [0.2, 0.25) is 0 Å². The van der Waals surface area contributed by atoms with Crippen LogP contribution in [-0.2, 0) is 10.1 Å². The standard InChI is InChI=1S/C14H22BrNO/c1-12(2)11-16(8-9-17-3)14-7-5-4-6-13(14)10-15/h4-7,12H,8-11H2,1-3H3. The van der Waals surface area contributed by atoms with Crippen LogP contribution in [0, 0.1) is 5.92 Å². The minimum atomic E-state index is 0.648. The van der Waals surface area contributed by atoms with Crippen molar-refractivity contribution in [2.45, 2.75) is 19.2 Å². The van der Waals surface area contributed by atoms with Crippen LogP contribution in [0.3, 0.4) is 0 Å². The first-order chi connectivity index (χ1) is 8.19. The maximum absolute atomic E-state index is 5.20. The second kappa shape index (κ2) is 7.72. The number of ether oxygens (including phenoxy) is 1. The number of anilines is 1. The van der Waals surface area contributed by atoms with Gasteiger partial charge in [0.25, 0.3) is 0 Å². The lowest BCUT2D eigenvalue weighted by molar-refractivity contribution is 0.204. The van der Waals surface area contributed by atoms with Crippen molar-refractivity contribution in [1.29, 1.82) is 0 Å². The molecule has 1 aromatic carbocycles. The predicted molar refractivity (Wildman–Crippen MR) is 78.0 cm³/mol. The molecule has 0 aliphatic rings. The van der Waals surface area contributed by atoms with Crippen molar-refractivity contribution in [3.05, 3.63) is 29.8 Å². The third-order valence-electron chi connectivity index (χ3n) is 2.63. The van der Waals surface area contributed by atoms with E-state index in [1.165, 1.54) is 11.3 Å². The molecule has 0 bridgehead atoms. The van der Waals surface area contributed by atoms with Crippen LogP contribution < -0.4 is 4.90 Å². The Bertz CT molecular complexity index is 328. The predicted octanol–water partition coefficient (Wildman–Crippen LogP) is 3.69. The molecule has 1 aromatic rings. The first-order valence-corrected chi connectivity index (χ1v) is 7.19. The van der Waals surface area contributed by atoms with Crippen LogP contribution in [0.5, 0.6) is 0 Å². The van der Waals surface area contributed by atoms with Gasteiger partial charge in [0.1, 0.15) is 0 Å². The molecule has 0 radical (unpaired) electrons. The van der Waals surface area contributed by atoms with Gasteiger partial charge in [-0.15, -0.1) is 0 Å². The molecule has 0 aromatic heterocycles. The second-order valence-electron chi connectivity index (χ2n) is 4.60. The molecule has 0 fully saturated rings. The molecular formula is C14H22BrNO. The molecular weight excluding hydrogens is 278 g/mol. The van der Waals surface area contributed by atoms with Gasteiger partial charge in [0.2, 0.25) is 0 Å². The quantitative estimate of drug-likeness (QED) is 0.712. The normalized spacial score (nSPS) is 10.9. The molecule has 0 saturated heterocycles. The minimum absolute atomic E-state index is 0.648. The highest BCUT2D eigenvalue weighted by Gasteiger charge is 2.11. The summed E-state index contributed by atoms with van der Waals surface area (Å²) in [7, 11) is 1.75. The summed E-state index contributed by atoms with van der Waals surface area (Å²) in [5.41, 5.74) is 2.65. The first kappa shape index (κ1) is 14.5. The number of rotatable bonds is 7. The van der Waals surface area contributed by atoms with Gasteiger partial charge in [-0.25, -0.2) is 0 Å². The summed E-state index contributed by atoms with van der Waals surface area (Å²) in [6, 6.07) is 8.55. The Hall–Kier alpha value is -0.540. The minimum Gasteiger partial charge on any atom is -0.383 e. The van der Waals surface area contributed by atoms with E-state index < -0.39 is 0 Å². The third-order valence-corrected chi connectivity index (χ3v) is 3.23. The smallest absolute Gasteiger partial charge is 0.0637 e. The Balaban J connectivity index is 2.86. The summed E-state index contributed by atoms with van der Waals surface area (Å²) in [5, 5.41) is 0.894. The SMILES string of the molecule is COCCN(CC(C)C)c1ccccc1CBr. The number of methoxy groups -OCH3 is 1. The Kier molecular flexibility index (Phi) is 6.60. The van der Waals surface area contributed by atoms with Gasteiger partial charge in [-0.1, -0.05) is 48.0 Å². The van der Waals surface area contributed by atoms with E-state index in [0.29, 0.717) is 5.92 Å². The Morgan fingerprint density at radius 2 is 2.00 bits per heavy atom. The maximum atomic E-state index is 5.20. The molecule has 0 heterocycles. The van der Waals surface area contributed by atoms with E-state index in [-0.39, 0.29) is 0 Å². The molecule has 3 heteroatoms. The molecule has 0 spiro atoms. The first-order valence-electron chi connectivity index (χ1n) is 6.06. The van der Waals surface area contributed by atoms with Crippen molar-refractivity contribution >= 4 is 21.6 Å². The van der Waals surface area contributed by atoms with Crippen LogP contribution in [0.15, 0.2) is 24.3 Å². The number of nitrogens with zero attached hydrogens (tertiary/aromatic N) is 1. The topological polar surface area (TPSA) is 12.5 Å². The highest BCUT2D eigenvalue weighted by molar-refractivity contribution is 9.08. The van der Waals surface area contributed by atoms with Crippen molar-refractivity contribution in [3.8, 4) is 0 Å². The van der Waals surface area contributed by atoms with Gasteiger partial charge in [-0.05, 0) is 17.5 Å². The van der Waals surface area contributed by atoms with Crippen LogP contribution in [0.25, 0.3) is 0 Å². The largest absolute Gasteiger partial charge is 0.383 e. The van der Waals surface area contributed by atoms with Gasteiger partial charge in [-0.2, -0.15) is 0 Å². The summed E-state index contributed by atoms with van der Waals surface area (Å²) in [6.07, 6.45) is 0. The van der Waals surface area contributed by atoms with Gasteiger partial charge in [0.15, 0.2) is 0 Å². The van der Waals surface area contributed by atoms with E-state index in [1.807, 2.05) is 0 Å². The average molecular weight is 300 g/mol. The van der Waals surface area contributed by atoms with Crippen LogP contribution >= 0.6 is 15.9 Å². The van der Waals surface area contributed by atoms with Crippen LogP contribution in [-0.4, -0.2) is 26.8 Å². The summed E-state index contributed by atoms with van der Waals surface area (Å²) >= 11 is 3.55. The molecule has 17 heavy (non-hydrogen) atoms. The van der Waals surface area contributed by atoms with Crippen molar-refractivity contribution in [1.82, 2.24) is 0 Å². The zero-order chi connectivity index (χ0) is 12.7. The lowest BCUT2D eigenvalue weighted by atomic mass is 10.1. The highest BCUT2D eigenvalue weighted by Crippen LogP contribution is 2.23. The molecule has 0 amide bonds. The van der Waals surface area contributed by atoms with Gasteiger partial charge in [0.05, 0.1) is 6.61 Å². The fraction of sp³-hybridized carbons (Fsp3) is 0.571. The summed E-state index contributed by atoms with van der Waals surface area (Å²) in [5.74, 6) is 0.648. The average Bonchev–Trinajstić information content (AvgIpc) is 2.34. The molecule has 0 N–H and O–H groups in total. The van der Waals surface area contributed by atoms with E-state index in [4.69, 9.17) is 4.74 Å². The number of hydrogen-bond donors (Lipinski definition) is 0. The van der Waals surface area contributed by atoms with E-state index in [9.17, 15) is 0 Å². The van der Waals surface area contributed by atoms with Gasteiger partial charge < -0.3 is 9.64 Å². The number of alkyl halides is 1. The van der Waals surface area contributed by atoms with Gasteiger partial charge in [0, 0.05) is 31.2 Å². The summed E-state index contributed by atoms with van der Waals surface area (Å²) in [6.45, 7) is 7.27. The van der Waals surface area contributed by atoms with Crippen LogP contribution in [0.4, 0.5) is 5.69 Å². The number of hydrogen-bond acceptors (Lipinski definition) is 2. The summed E-state index contributed by atoms with van der Waals surface area (Å²) in [4.78, 5) is 2.41.